The Morgan fingerprint density at radius 3 is 2.67 bits per heavy atom. The Balaban J connectivity index is 1.53. The highest BCUT2D eigenvalue weighted by Gasteiger charge is 2.60. The molecule has 1 saturated carbocycles. The van der Waals surface area contributed by atoms with Gasteiger partial charge in [0.05, 0.1) is 0 Å². The molecule has 1 aromatic rings. The summed E-state index contributed by atoms with van der Waals surface area (Å²) in [6.45, 7) is 7.02. The van der Waals surface area contributed by atoms with E-state index in [4.69, 9.17) is 0 Å². The molecule has 3 nitrogen and oxygen atoms in total. The van der Waals surface area contributed by atoms with Crippen molar-refractivity contribution in [3.8, 4) is 0 Å². The molecule has 4 heteroatoms. The van der Waals surface area contributed by atoms with Gasteiger partial charge < -0.3 is 10.2 Å². The van der Waals surface area contributed by atoms with Gasteiger partial charge in [0.2, 0.25) is 5.91 Å². The fraction of sp³-hybridized carbons (Fsp3) is 0.650. The fourth-order valence-electron chi connectivity index (χ4n) is 5.14. The highest BCUT2D eigenvalue weighted by molar-refractivity contribution is 5.84. The Morgan fingerprint density at radius 2 is 1.96 bits per heavy atom. The number of likely N-dealkylation sites (tertiary alicyclic amines) is 1. The van der Waals surface area contributed by atoms with E-state index < -0.39 is 0 Å². The number of nitrogens with zero attached hydrogens (tertiary/aromatic N) is 1. The smallest absolute Gasteiger partial charge is 0.226 e. The number of carbonyl (C=O) groups is 1. The van der Waals surface area contributed by atoms with Gasteiger partial charge in [-0.25, -0.2) is 4.39 Å². The molecule has 1 aliphatic carbocycles. The number of hydrogen-bond donors (Lipinski definition) is 1. The molecule has 1 amide bonds. The molecule has 1 N–H and O–H groups in total. The molecule has 1 aromatic carbocycles. The third-order valence-electron chi connectivity index (χ3n) is 6.82. The van der Waals surface area contributed by atoms with Gasteiger partial charge in [0.15, 0.2) is 0 Å². The van der Waals surface area contributed by atoms with Crippen LogP contribution in [0.2, 0.25) is 0 Å². The number of rotatable bonds is 2. The lowest BCUT2D eigenvalue weighted by Gasteiger charge is -2.37. The van der Waals surface area contributed by atoms with Crippen LogP contribution in [0.3, 0.4) is 0 Å². The second-order valence-electron chi connectivity index (χ2n) is 8.38. The number of benzene rings is 1. The van der Waals surface area contributed by atoms with Crippen molar-refractivity contribution in [3.63, 3.8) is 0 Å². The van der Waals surface area contributed by atoms with Gasteiger partial charge in [-0.3, -0.25) is 4.79 Å². The first-order valence-electron chi connectivity index (χ1n) is 9.22. The number of hydrogen-bond acceptors (Lipinski definition) is 2. The molecule has 2 saturated heterocycles. The summed E-state index contributed by atoms with van der Waals surface area (Å²) in [5.74, 6) is 0.426. The predicted molar refractivity (Wildman–Crippen MR) is 92.2 cm³/mol. The SMILES string of the molecule is CC1(C)C(c2ccccc2F)CCN1C(=O)C1CC12CCNCC2. The first kappa shape index (κ1) is 16.1. The fourth-order valence-corrected chi connectivity index (χ4v) is 5.14. The van der Waals surface area contributed by atoms with Crippen LogP contribution in [0.4, 0.5) is 4.39 Å². The van der Waals surface area contributed by atoms with E-state index in [1.807, 2.05) is 17.0 Å². The molecule has 24 heavy (non-hydrogen) atoms. The molecular formula is C20H27FN2O. The van der Waals surface area contributed by atoms with Gasteiger partial charge in [-0.15, -0.1) is 0 Å². The second-order valence-corrected chi connectivity index (χ2v) is 8.38. The first-order chi connectivity index (χ1) is 11.5. The molecule has 2 aliphatic heterocycles. The van der Waals surface area contributed by atoms with Crippen molar-refractivity contribution in [2.24, 2.45) is 11.3 Å². The Labute approximate surface area is 143 Å². The van der Waals surface area contributed by atoms with E-state index in [1.54, 1.807) is 6.07 Å². The number of piperidine rings is 1. The molecule has 130 valence electrons. The molecule has 2 atom stereocenters. The molecule has 2 heterocycles. The van der Waals surface area contributed by atoms with Crippen LogP contribution in [0.15, 0.2) is 24.3 Å². The van der Waals surface area contributed by atoms with Gasteiger partial charge >= 0.3 is 0 Å². The summed E-state index contributed by atoms with van der Waals surface area (Å²) in [5.41, 5.74) is 0.690. The van der Waals surface area contributed by atoms with E-state index in [2.05, 4.69) is 19.2 Å². The van der Waals surface area contributed by atoms with Crippen LogP contribution in [0.25, 0.3) is 0 Å². The number of halogens is 1. The molecule has 1 spiro atoms. The van der Waals surface area contributed by atoms with Crippen LogP contribution in [0, 0.1) is 17.2 Å². The van der Waals surface area contributed by atoms with E-state index in [-0.39, 0.29) is 28.6 Å². The summed E-state index contributed by atoms with van der Waals surface area (Å²) in [6, 6.07) is 7.03. The van der Waals surface area contributed by atoms with Gasteiger partial charge in [0.1, 0.15) is 5.82 Å². The number of carbonyl (C=O) groups excluding carboxylic acids is 1. The Bertz CT molecular complexity index is 651. The molecular weight excluding hydrogens is 303 g/mol. The third-order valence-corrected chi connectivity index (χ3v) is 6.82. The van der Waals surface area contributed by atoms with Crippen LogP contribution in [-0.4, -0.2) is 36.0 Å². The summed E-state index contributed by atoms with van der Waals surface area (Å²) in [6.07, 6.45) is 4.13. The molecule has 2 unspecified atom stereocenters. The van der Waals surface area contributed by atoms with Crippen LogP contribution >= 0.6 is 0 Å². The standard InChI is InChI=1S/C20H27FN2O/c1-19(2)15(14-5-3-4-6-17(14)21)7-12-23(19)18(24)16-13-20(16)8-10-22-11-9-20/h3-6,15-16,22H,7-13H2,1-2H3. The Hall–Kier alpha value is -1.42. The Morgan fingerprint density at radius 1 is 1.25 bits per heavy atom. The van der Waals surface area contributed by atoms with Crippen molar-refractivity contribution in [3.05, 3.63) is 35.6 Å². The zero-order chi connectivity index (χ0) is 16.9. The predicted octanol–water partition coefficient (Wildman–Crippen LogP) is 3.31. The maximum absolute atomic E-state index is 14.3. The van der Waals surface area contributed by atoms with Crippen LogP contribution in [0.1, 0.15) is 51.0 Å². The van der Waals surface area contributed by atoms with Crippen LogP contribution in [-0.2, 0) is 4.79 Å². The molecule has 3 fully saturated rings. The summed E-state index contributed by atoms with van der Waals surface area (Å²) >= 11 is 0. The minimum atomic E-state index is -0.323. The van der Waals surface area contributed by atoms with E-state index in [0.29, 0.717) is 5.91 Å². The molecule has 0 bridgehead atoms. The quantitative estimate of drug-likeness (QED) is 0.902. The van der Waals surface area contributed by atoms with Crippen molar-refractivity contribution < 1.29 is 9.18 Å². The maximum Gasteiger partial charge on any atom is 0.226 e. The molecule has 0 aromatic heterocycles. The van der Waals surface area contributed by atoms with Gasteiger partial charge in [-0.2, -0.15) is 0 Å². The zero-order valence-electron chi connectivity index (χ0n) is 14.6. The lowest BCUT2D eigenvalue weighted by molar-refractivity contribution is -0.137. The van der Waals surface area contributed by atoms with Crippen molar-refractivity contribution in [1.82, 2.24) is 10.2 Å². The minimum absolute atomic E-state index is 0.0744. The zero-order valence-corrected chi connectivity index (χ0v) is 14.6. The highest BCUT2D eigenvalue weighted by Crippen LogP contribution is 2.60. The summed E-state index contributed by atoms with van der Waals surface area (Å²) in [5, 5.41) is 3.39. The maximum atomic E-state index is 14.3. The largest absolute Gasteiger partial charge is 0.337 e. The van der Waals surface area contributed by atoms with Crippen molar-refractivity contribution in [2.45, 2.75) is 51.0 Å². The Kier molecular flexibility index (Phi) is 3.72. The highest BCUT2D eigenvalue weighted by atomic mass is 19.1. The van der Waals surface area contributed by atoms with Crippen molar-refractivity contribution in [1.29, 1.82) is 0 Å². The number of amides is 1. The summed E-state index contributed by atoms with van der Waals surface area (Å²) in [4.78, 5) is 15.2. The van der Waals surface area contributed by atoms with E-state index in [1.165, 1.54) is 6.07 Å². The van der Waals surface area contributed by atoms with Crippen molar-refractivity contribution >= 4 is 5.91 Å². The van der Waals surface area contributed by atoms with E-state index in [0.717, 1.165) is 50.9 Å². The van der Waals surface area contributed by atoms with E-state index in [9.17, 15) is 9.18 Å². The van der Waals surface area contributed by atoms with Gasteiger partial charge in [-0.1, -0.05) is 18.2 Å². The molecule has 3 aliphatic rings. The topological polar surface area (TPSA) is 32.3 Å². The summed E-state index contributed by atoms with van der Waals surface area (Å²) in [7, 11) is 0. The van der Waals surface area contributed by atoms with Gasteiger partial charge in [0, 0.05) is 23.9 Å². The normalized spacial score (nSPS) is 30.5. The first-order valence-corrected chi connectivity index (χ1v) is 9.22. The summed E-state index contributed by atoms with van der Waals surface area (Å²) < 4.78 is 14.3. The number of nitrogens with one attached hydrogen (secondary N) is 1. The van der Waals surface area contributed by atoms with E-state index >= 15 is 0 Å². The lowest BCUT2D eigenvalue weighted by Crippen LogP contribution is -2.47. The molecule has 4 rings (SSSR count). The second kappa shape index (κ2) is 5.55. The van der Waals surface area contributed by atoms with Gasteiger partial charge in [0.25, 0.3) is 0 Å². The van der Waals surface area contributed by atoms with Crippen molar-refractivity contribution in [2.75, 3.05) is 19.6 Å². The van der Waals surface area contributed by atoms with Gasteiger partial charge in [-0.05, 0) is 69.7 Å². The molecule has 0 radical (unpaired) electrons. The third kappa shape index (κ3) is 2.38. The minimum Gasteiger partial charge on any atom is -0.337 e. The average Bonchev–Trinajstić information content (AvgIpc) is 3.15. The monoisotopic (exact) mass is 330 g/mol. The van der Waals surface area contributed by atoms with Crippen LogP contribution < -0.4 is 5.32 Å². The average molecular weight is 330 g/mol. The lowest BCUT2D eigenvalue weighted by atomic mass is 9.82. The van der Waals surface area contributed by atoms with Crippen LogP contribution in [0.5, 0.6) is 0 Å².